The number of piperidine rings is 1. The molecular weight excluding hydrogens is 268 g/mol. The minimum atomic E-state index is 0.0242. The van der Waals surface area contributed by atoms with Crippen LogP contribution in [0.2, 0.25) is 0 Å². The molecule has 0 saturated carbocycles. The molecule has 0 atom stereocenters. The normalized spacial score (nSPS) is 15.4. The Kier molecular flexibility index (Phi) is 4.58. The van der Waals surface area contributed by atoms with Gasteiger partial charge in [0.15, 0.2) is 0 Å². The van der Waals surface area contributed by atoms with Crippen LogP contribution in [0.25, 0.3) is 0 Å². The van der Waals surface area contributed by atoms with E-state index < -0.39 is 0 Å². The third-order valence-electron chi connectivity index (χ3n) is 3.74. The zero-order chi connectivity index (χ0) is 15.4. The molecule has 1 fully saturated rings. The Labute approximate surface area is 124 Å². The number of rotatable bonds is 2. The molecule has 7 nitrogen and oxygen atoms in total. The van der Waals surface area contributed by atoms with E-state index in [2.05, 4.69) is 14.9 Å². The van der Waals surface area contributed by atoms with Gasteiger partial charge in [0.1, 0.15) is 11.8 Å². The van der Waals surface area contributed by atoms with Crippen molar-refractivity contribution in [1.82, 2.24) is 19.8 Å². The van der Waals surface area contributed by atoms with Crippen LogP contribution in [-0.2, 0) is 0 Å². The number of carbonyl (C=O) groups excluding carboxylic acids is 1. The molecule has 1 aliphatic rings. The van der Waals surface area contributed by atoms with E-state index >= 15 is 0 Å². The minimum Gasteiger partial charge on any atom is -0.341 e. The summed E-state index contributed by atoms with van der Waals surface area (Å²) >= 11 is 0. The molecule has 2 amide bonds. The molecule has 112 valence electrons. The molecule has 0 spiro atoms. The maximum absolute atomic E-state index is 12.0. The maximum atomic E-state index is 12.0. The topological polar surface area (TPSA) is 76.4 Å². The van der Waals surface area contributed by atoms with Gasteiger partial charge in [-0.2, -0.15) is 5.26 Å². The van der Waals surface area contributed by atoms with E-state index in [9.17, 15) is 4.79 Å². The highest BCUT2D eigenvalue weighted by Gasteiger charge is 2.27. The quantitative estimate of drug-likeness (QED) is 0.809. The summed E-state index contributed by atoms with van der Waals surface area (Å²) in [5, 5.41) is 8.88. The number of carbonyl (C=O) groups is 1. The Bertz CT molecular complexity index is 545. The molecular formula is C14H20N6O. The van der Waals surface area contributed by atoms with Gasteiger partial charge in [-0.1, -0.05) is 0 Å². The Morgan fingerprint density at radius 1 is 1.38 bits per heavy atom. The van der Waals surface area contributed by atoms with Gasteiger partial charge in [0.25, 0.3) is 0 Å². The summed E-state index contributed by atoms with van der Waals surface area (Å²) in [4.78, 5) is 25.8. The van der Waals surface area contributed by atoms with Crippen molar-refractivity contribution in [2.75, 3.05) is 39.1 Å². The van der Waals surface area contributed by atoms with Gasteiger partial charge in [-0.25, -0.2) is 14.8 Å². The molecule has 0 aliphatic carbocycles. The SMILES string of the molecule is CN(C)C(=O)N(C)C1CCN(c2nccc(C#N)n2)CC1. The molecule has 21 heavy (non-hydrogen) atoms. The number of urea groups is 1. The molecule has 0 bridgehead atoms. The summed E-state index contributed by atoms with van der Waals surface area (Å²) < 4.78 is 0. The molecule has 2 rings (SSSR count). The van der Waals surface area contributed by atoms with E-state index in [0.717, 1.165) is 25.9 Å². The molecule has 0 N–H and O–H groups in total. The van der Waals surface area contributed by atoms with E-state index in [1.807, 2.05) is 13.1 Å². The highest BCUT2D eigenvalue weighted by Crippen LogP contribution is 2.19. The van der Waals surface area contributed by atoms with Crippen molar-refractivity contribution in [3.8, 4) is 6.07 Å². The van der Waals surface area contributed by atoms with Crippen LogP contribution >= 0.6 is 0 Å². The van der Waals surface area contributed by atoms with Gasteiger partial charge in [-0.15, -0.1) is 0 Å². The van der Waals surface area contributed by atoms with E-state index in [1.54, 1.807) is 36.2 Å². The van der Waals surface area contributed by atoms with E-state index in [4.69, 9.17) is 5.26 Å². The fourth-order valence-electron chi connectivity index (χ4n) is 2.49. The second-order valence-electron chi connectivity index (χ2n) is 5.36. The Morgan fingerprint density at radius 2 is 2.05 bits per heavy atom. The predicted octanol–water partition coefficient (Wildman–Crippen LogP) is 0.930. The molecule has 0 radical (unpaired) electrons. The van der Waals surface area contributed by atoms with Crippen molar-refractivity contribution >= 4 is 12.0 Å². The largest absolute Gasteiger partial charge is 0.341 e. The first-order valence-electron chi connectivity index (χ1n) is 6.95. The first kappa shape index (κ1) is 15.0. The number of anilines is 1. The highest BCUT2D eigenvalue weighted by molar-refractivity contribution is 5.73. The first-order chi connectivity index (χ1) is 10.0. The number of aromatic nitrogens is 2. The third kappa shape index (κ3) is 3.40. The standard InChI is InChI=1S/C14H20N6O/c1-18(2)14(21)19(3)12-5-8-20(9-6-12)13-16-7-4-11(10-15)17-13/h4,7,12H,5-6,8-9H2,1-3H3. The van der Waals surface area contributed by atoms with Gasteiger partial charge >= 0.3 is 6.03 Å². The first-order valence-corrected chi connectivity index (χ1v) is 6.95. The van der Waals surface area contributed by atoms with E-state index in [1.165, 1.54) is 0 Å². The Morgan fingerprint density at radius 3 is 2.62 bits per heavy atom. The summed E-state index contributed by atoms with van der Waals surface area (Å²) in [7, 11) is 5.36. The molecule has 0 aromatic carbocycles. The number of nitriles is 1. The molecule has 1 aliphatic heterocycles. The fourth-order valence-corrected chi connectivity index (χ4v) is 2.49. The second-order valence-corrected chi connectivity index (χ2v) is 5.36. The van der Waals surface area contributed by atoms with Crippen LogP contribution < -0.4 is 4.90 Å². The van der Waals surface area contributed by atoms with Gasteiger partial charge in [0, 0.05) is 46.5 Å². The summed E-state index contributed by atoms with van der Waals surface area (Å²) in [5.41, 5.74) is 0.377. The van der Waals surface area contributed by atoms with Crippen molar-refractivity contribution in [3.63, 3.8) is 0 Å². The lowest BCUT2D eigenvalue weighted by Gasteiger charge is -2.37. The molecule has 7 heteroatoms. The molecule has 2 heterocycles. The third-order valence-corrected chi connectivity index (χ3v) is 3.74. The number of hydrogen-bond donors (Lipinski definition) is 0. The van der Waals surface area contributed by atoms with Crippen LogP contribution in [0.1, 0.15) is 18.5 Å². The maximum Gasteiger partial charge on any atom is 0.319 e. The van der Waals surface area contributed by atoms with Crippen LogP contribution in [0, 0.1) is 11.3 Å². The van der Waals surface area contributed by atoms with Crippen LogP contribution in [0.5, 0.6) is 0 Å². The van der Waals surface area contributed by atoms with Crippen molar-refractivity contribution in [2.24, 2.45) is 0 Å². The summed E-state index contributed by atoms with van der Waals surface area (Å²) in [5.74, 6) is 0.592. The molecule has 1 aromatic rings. The second kappa shape index (κ2) is 6.39. The van der Waals surface area contributed by atoms with Gasteiger partial charge < -0.3 is 14.7 Å². The number of amides is 2. The summed E-state index contributed by atoms with van der Waals surface area (Å²) in [6.07, 6.45) is 3.35. The highest BCUT2D eigenvalue weighted by atomic mass is 16.2. The van der Waals surface area contributed by atoms with Crippen LogP contribution in [-0.4, -0.2) is 66.1 Å². The summed E-state index contributed by atoms with van der Waals surface area (Å²) in [6.45, 7) is 1.56. The number of nitrogens with zero attached hydrogens (tertiary/aromatic N) is 6. The lowest BCUT2D eigenvalue weighted by molar-refractivity contribution is 0.155. The zero-order valence-electron chi connectivity index (χ0n) is 12.7. The van der Waals surface area contributed by atoms with Crippen molar-refractivity contribution in [2.45, 2.75) is 18.9 Å². The van der Waals surface area contributed by atoms with Crippen LogP contribution in [0.4, 0.5) is 10.7 Å². The van der Waals surface area contributed by atoms with Crippen molar-refractivity contribution in [1.29, 1.82) is 5.26 Å². The number of hydrogen-bond acceptors (Lipinski definition) is 5. The van der Waals surface area contributed by atoms with Gasteiger partial charge in [0.05, 0.1) is 0 Å². The van der Waals surface area contributed by atoms with E-state index in [0.29, 0.717) is 11.6 Å². The van der Waals surface area contributed by atoms with Crippen LogP contribution in [0.3, 0.4) is 0 Å². The van der Waals surface area contributed by atoms with Crippen molar-refractivity contribution in [3.05, 3.63) is 18.0 Å². The molecule has 1 aromatic heterocycles. The zero-order valence-corrected chi connectivity index (χ0v) is 12.7. The fraction of sp³-hybridized carbons (Fsp3) is 0.571. The monoisotopic (exact) mass is 288 g/mol. The van der Waals surface area contributed by atoms with Crippen molar-refractivity contribution < 1.29 is 4.79 Å². The van der Waals surface area contributed by atoms with Gasteiger partial charge in [-0.05, 0) is 18.9 Å². The average Bonchev–Trinajstić information content (AvgIpc) is 2.53. The van der Waals surface area contributed by atoms with Crippen LogP contribution in [0.15, 0.2) is 12.3 Å². The van der Waals surface area contributed by atoms with Gasteiger partial charge in [0.2, 0.25) is 5.95 Å². The minimum absolute atomic E-state index is 0.0242. The predicted molar refractivity (Wildman–Crippen MR) is 78.8 cm³/mol. The lowest BCUT2D eigenvalue weighted by Crippen LogP contribution is -2.48. The summed E-state index contributed by atoms with van der Waals surface area (Å²) in [6, 6.07) is 3.88. The Balaban J connectivity index is 1.97. The smallest absolute Gasteiger partial charge is 0.319 e. The lowest BCUT2D eigenvalue weighted by atomic mass is 10.0. The molecule has 0 unspecified atom stereocenters. The average molecular weight is 288 g/mol. The molecule has 1 saturated heterocycles. The Hall–Kier alpha value is -2.36. The van der Waals surface area contributed by atoms with Gasteiger partial charge in [-0.3, -0.25) is 0 Å². The van der Waals surface area contributed by atoms with E-state index in [-0.39, 0.29) is 12.1 Å².